The highest BCUT2D eigenvalue weighted by atomic mass is 19.1. The lowest BCUT2D eigenvalue weighted by atomic mass is 10.2. The van der Waals surface area contributed by atoms with Crippen LogP contribution in [0, 0.1) is 5.82 Å². The number of rotatable bonds is 5. The molecule has 1 N–H and O–H groups in total. The Balaban J connectivity index is 1.67. The molecule has 6 nitrogen and oxygen atoms in total. The number of hydrogen-bond donors (Lipinski definition) is 1. The van der Waals surface area contributed by atoms with Crippen LogP contribution in [0.25, 0.3) is 16.4 Å². The number of carbonyl (C=O) groups is 1. The summed E-state index contributed by atoms with van der Waals surface area (Å²) < 4.78 is 16.5. The van der Waals surface area contributed by atoms with Gasteiger partial charge in [0.1, 0.15) is 23.7 Å². The van der Waals surface area contributed by atoms with Crippen LogP contribution in [0.3, 0.4) is 0 Å². The smallest absolute Gasteiger partial charge is 0.291 e. The largest absolute Gasteiger partial charge is 0.350 e. The first-order valence-corrected chi connectivity index (χ1v) is 9.08. The van der Waals surface area contributed by atoms with Gasteiger partial charge < -0.3 is 5.32 Å². The van der Waals surface area contributed by atoms with Gasteiger partial charge >= 0.3 is 0 Å². The minimum Gasteiger partial charge on any atom is -0.350 e. The van der Waals surface area contributed by atoms with E-state index in [4.69, 9.17) is 0 Å². The number of nitrogens with one attached hydrogen (secondary N) is 1. The van der Waals surface area contributed by atoms with E-state index in [2.05, 4.69) is 10.4 Å². The highest BCUT2D eigenvalue weighted by Gasteiger charge is 2.15. The molecule has 2 aromatic carbocycles. The van der Waals surface area contributed by atoms with E-state index in [9.17, 15) is 14.0 Å². The van der Waals surface area contributed by atoms with Crippen LogP contribution in [0.1, 0.15) is 18.3 Å². The molecule has 0 aliphatic carbocycles. The highest BCUT2D eigenvalue weighted by Crippen LogP contribution is 2.20. The summed E-state index contributed by atoms with van der Waals surface area (Å²) in [6.07, 6.45) is 0.559. The molecular formula is C21H19FN4O2. The average Bonchev–Trinajstić information content (AvgIpc) is 3.08. The van der Waals surface area contributed by atoms with Crippen molar-refractivity contribution in [2.45, 2.75) is 26.4 Å². The molecule has 7 heteroatoms. The quantitative estimate of drug-likeness (QED) is 0.581. The van der Waals surface area contributed by atoms with Crippen molar-refractivity contribution in [2.75, 3.05) is 0 Å². The number of nitrogens with zero attached hydrogens (tertiary/aromatic N) is 3. The normalized spacial score (nSPS) is 11.2. The third kappa shape index (κ3) is 3.26. The number of aromatic nitrogens is 3. The second-order valence-electron chi connectivity index (χ2n) is 6.56. The van der Waals surface area contributed by atoms with Gasteiger partial charge in [0.25, 0.3) is 5.56 Å². The molecule has 0 spiro atoms. The number of benzene rings is 2. The number of halogens is 1. The third-order valence-electron chi connectivity index (χ3n) is 4.65. The maximum atomic E-state index is 13.6. The fourth-order valence-electron chi connectivity index (χ4n) is 3.31. The van der Waals surface area contributed by atoms with Crippen molar-refractivity contribution in [1.82, 2.24) is 19.5 Å². The van der Waals surface area contributed by atoms with Crippen LogP contribution < -0.4 is 10.9 Å². The lowest BCUT2D eigenvalue weighted by Gasteiger charge is -2.10. The number of aryl methyl sites for hydroxylation is 1. The van der Waals surface area contributed by atoms with Crippen LogP contribution in [0.5, 0.6) is 0 Å². The second kappa shape index (κ2) is 7.26. The lowest BCUT2D eigenvalue weighted by molar-refractivity contribution is -0.122. The molecule has 0 aliphatic heterocycles. The molecule has 1 amide bonds. The number of fused-ring (bicyclic) bond motifs is 3. The summed E-state index contributed by atoms with van der Waals surface area (Å²) in [6, 6.07) is 15.5. The summed E-state index contributed by atoms with van der Waals surface area (Å²) >= 11 is 0. The zero-order chi connectivity index (χ0) is 19.7. The van der Waals surface area contributed by atoms with Gasteiger partial charge in [-0.05, 0) is 29.8 Å². The van der Waals surface area contributed by atoms with Gasteiger partial charge in [-0.1, -0.05) is 37.3 Å². The minimum absolute atomic E-state index is 0.176. The van der Waals surface area contributed by atoms with Crippen molar-refractivity contribution >= 4 is 22.3 Å². The predicted octanol–water partition coefficient (Wildman–Crippen LogP) is 2.67. The first-order valence-electron chi connectivity index (χ1n) is 9.08. The van der Waals surface area contributed by atoms with E-state index in [1.807, 2.05) is 37.3 Å². The van der Waals surface area contributed by atoms with Crippen LogP contribution in [-0.4, -0.2) is 20.1 Å². The Labute approximate surface area is 160 Å². The van der Waals surface area contributed by atoms with Crippen LogP contribution in [0.4, 0.5) is 4.39 Å². The summed E-state index contributed by atoms with van der Waals surface area (Å²) in [5, 5.41) is 7.80. The third-order valence-corrected chi connectivity index (χ3v) is 4.65. The van der Waals surface area contributed by atoms with Crippen LogP contribution >= 0.6 is 0 Å². The molecule has 0 saturated heterocycles. The van der Waals surface area contributed by atoms with Crippen LogP contribution in [0.2, 0.25) is 0 Å². The fraction of sp³-hybridized carbons (Fsp3) is 0.190. The lowest BCUT2D eigenvalue weighted by Crippen LogP contribution is -2.35. The molecule has 4 aromatic rings. The van der Waals surface area contributed by atoms with Gasteiger partial charge in [-0.25, -0.2) is 9.07 Å². The number of amides is 1. The van der Waals surface area contributed by atoms with Gasteiger partial charge in [-0.3, -0.25) is 14.0 Å². The van der Waals surface area contributed by atoms with E-state index < -0.39 is 0 Å². The van der Waals surface area contributed by atoms with Crippen molar-refractivity contribution in [3.63, 3.8) is 0 Å². The van der Waals surface area contributed by atoms with Crippen molar-refractivity contribution in [3.05, 3.63) is 82.2 Å². The van der Waals surface area contributed by atoms with Crippen molar-refractivity contribution in [1.29, 1.82) is 0 Å². The van der Waals surface area contributed by atoms with Crippen molar-refractivity contribution < 1.29 is 9.18 Å². The SMILES string of the molecule is CCc1nn(CC(=O)NCc2ccccc2)c(=O)c2cc3cc(F)ccc3n12. The summed E-state index contributed by atoms with van der Waals surface area (Å²) in [6.45, 7) is 2.12. The Morgan fingerprint density at radius 3 is 2.64 bits per heavy atom. The van der Waals surface area contributed by atoms with E-state index in [1.54, 1.807) is 16.5 Å². The van der Waals surface area contributed by atoms with Crippen LogP contribution in [-0.2, 0) is 24.3 Å². The first kappa shape index (κ1) is 17.9. The van der Waals surface area contributed by atoms with E-state index in [1.165, 1.54) is 16.8 Å². The molecule has 0 bridgehead atoms. The Kier molecular flexibility index (Phi) is 4.65. The summed E-state index contributed by atoms with van der Waals surface area (Å²) in [7, 11) is 0. The molecule has 28 heavy (non-hydrogen) atoms. The maximum Gasteiger partial charge on any atom is 0.291 e. The number of hydrogen-bond acceptors (Lipinski definition) is 3. The first-order chi connectivity index (χ1) is 13.6. The molecule has 4 rings (SSSR count). The number of carbonyl (C=O) groups excluding carboxylic acids is 1. The summed E-state index contributed by atoms with van der Waals surface area (Å²) in [4.78, 5) is 25.2. The summed E-state index contributed by atoms with van der Waals surface area (Å²) in [5.41, 5.74) is 1.69. The zero-order valence-corrected chi connectivity index (χ0v) is 15.4. The van der Waals surface area contributed by atoms with Gasteiger partial charge in [-0.2, -0.15) is 5.10 Å². The van der Waals surface area contributed by atoms with Crippen LogP contribution in [0.15, 0.2) is 59.4 Å². The molecule has 142 valence electrons. The van der Waals surface area contributed by atoms with E-state index in [0.29, 0.717) is 29.7 Å². The molecule has 0 radical (unpaired) electrons. The molecule has 0 saturated carbocycles. The fourth-order valence-corrected chi connectivity index (χ4v) is 3.31. The monoisotopic (exact) mass is 378 g/mol. The molecule has 2 heterocycles. The van der Waals surface area contributed by atoms with Gasteiger partial charge in [0.05, 0.1) is 5.52 Å². The van der Waals surface area contributed by atoms with Crippen molar-refractivity contribution in [3.8, 4) is 0 Å². The van der Waals surface area contributed by atoms with Gasteiger partial charge in [0, 0.05) is 18.4 Å². The molecule has 0 aliphatic rings. The zero-order valence-electron chi connectivity index (χ0n) is 15.4. The van der Waals surface area contributed by atoms with E-state index in [0.717, 1.165) is 11.1 Å². The second-order valence-corrected chi connectivity index (χ2v) is 6.56. The minimum atomic E-state index is -0.385. The molecule has 0 atom stereocenters. The Hall–Kier alpha value is -3.48. The summed E-state index contributed by atoms with van der Waals surface area (Å²) in [5.74, 6) is -0.0332. The molecule has 0 unspecified atom stereocenters. The Morgan fingerprint density at radius 1 is 1.11 bits per heavy atom. The maximum absolute atomic E-state index is 13.6. The molecule has 2 aromatic heterocycles. The Bertz CT molecular complexity index is 1230. The Morgan fingerprint density at radius 2 is 1.89 bits per heavy atom. The van der Waals surface area contributed by atoms with Gasteiger partial charge in [0.2, 0.25) is 5.91 Å². The van der Waals surface area contributed by atoms with E-state index >= 15 is 0 Å². The highest BCUT2D eigenvalue weighted by molar-refractivity contribution is 5.87. The molecule has 0 fully saturated rings. The van der Waals surface area contributed by atoms with Gasteiger partial charge in [0.15, 0.2) is 0 Å². The van der Waals surface area contributed by atoms with Gasteiger partial charge in [-0.15, -0.1) is 0 Å². The predicted molar refractivity (Wildman–Crippen MR) is 105 cm³/mol. The standard InChI is InChI=1S/C21H19FN4O2/c1-2-19-24-25(13-20(27)23-12-14-6-4-3-5-7-14)21(28)18-11-15-10-16(22)8-9-17(15)26(18)19/h3-11H,2,12-13H2,1H3,(H,23,27). The van der Waals surface area contributed by atoms with Crippen molar-refractivity contribution in [2.24, 2.45) is 0 Å². The molecular weight excluding hydrogens is 359 g/mol. The topological polar surface area (TPSA) is 68.4 Å². The average molecular weight is 378 g/mol. The van der Waals surface area contributed by atoms with E-state index in [-0.39, 0.29) is 23.8 Å².